The molecule has 3 aromatic rings. The number of nitrogens with zero attached hydrogens (tertiary/aromatic N) is 3. The molecular weight excluding hydrogens is 358 g/mol. The summed E-state index contributed by atoms with van der Waals surface area (Å²) in [5.74, 6) is 0.852. The molecule has 0 saturated carbocycles. The third-order valence-electron chi connectivity index (χ3n) is 5.31. The molecule has 4 rings (SSSR count). The molecule has 27 heavy (non-hydrogen) atoms. The molecule has 0 unspecified atom stereocenters. The Morgan fingerprint density at radius 3 is 2.67 bits per heavy atom. The molecule has 0 spiro atoms. The molecule has 3 heterocycles. The van der Waals surface area contributed by atoms with E-state index in [0.29, 0.717) is 13.0 Å². The number of methoxy groups -OCH3 is 1. The fraction of sp³-hybridized carbons (Fsp3) is 0.429. The van der Waals surface area contributed by atoms with Gasteiger partial charge in [-0.3, -0.25) is 9.36 Å². The Balaban J connectivity index is 1.82. The molecule has 1 aromatic carbocycles. The Bertz CT molecular complexity index is 972. The van der Waals surface area contributed by atoms with Crippen LogP contribution in [0.2, 0.25) is 0 Å². The number of likely N-dealkylation sites (tertiary alicyclic amines) is 1. The average Bonchev–Trinajstić information content (AvgIpc) is 3.13. The number of rotatable bonds is 5. The third kappa shape index (κ3) is 3.70. The van der Waals surface area contributed by atoms with E-state index in [1.54, 1.807) is 18.4 Å². The van der Waals surface area contributed by atoms with Crippen LogP contribution in [0.25, 0.3) is 20.7 Å². The molecule has 142 valence electrons. The van der Waals surface area contributed by atoms with Crippen molar-refractivity contribution in [3.8, 4) is 10.4 Å². The van der Waals surface area contributed by atoms with Gasteiger partial charge in [0.15, 0.2) is 0 Å². The molecule has 0 atom stereocenters. The minimum Gasteiger partial charge on any atom is -0.384 e. The van der Waals surface area contributed by atoms with E-state index >= 15 is 0 Å². The summed E-state index contributed by atoms with van der Waals surface area (Å²) < 4.78 is 7.23. The van der Waals surface area contributed by atoms with E-state index in [1.165, 1.54) is 0 Å². The van der Waals surface area contributed by atoms with Crippen LogP contribution in [0, 0.1) is 0 Å². The van der Waals surface area contributed by atoms with Crippen molar-refractivity contribution in [2.75, 3.05) is 33.9 Å². The third-order valence-corrected chi connectivity index (χ3v) is 6.39. The van der Waals surface area contributed by atoms with Gasteiger partial charge in [-0.15, -0.1) is 11.3 Å². The summed E-state index contributed by atoms with van der Waals surface area (Å²) in [6.45, 7) is 2.59. The Kier molecular flexibility index (Phi) is 5.38. The summed E-state index contributed by atoms with van der Waals surface area (Å²) in [5.41, 5.74) is 1.23. The van der Waals surface area contributed by atoms with Crippen LogP contribution in [0.4, 0.5) is 0 Å². The number of hydrogen-bond acceptors (Lipinski definition) is 5. The molecule has 0 aliphatic carbocycles. The number of thiophene rings is 1. The van der Waals surface area contributed by atoms with Crippen molar-refractivity contribution < 1.29 is 4.74 Å². The van der Waals surface area contributed by atoms with E-state index < -0.39 is 0 Å². The number of aromatic nitrogens is 2. The van der Waals surface area contributed by atoms with Crippen LogP contribution in [-0.2, 0) is 11.2 Å². The maximum absolute atomic E-state index is 13.4. The topological polar surface area (TPSA) is 47.4 Å². The lowest BCUT2D eigenvalue weighted by Gasteiger charge is -2.31. The van der Waals surface area contributed by atoms with Crippen LogP contribution >= 0.6 is 11.3 Å². The van der Waals surface area contributed by atoms with Crippen molar-refractivity contribution >= 4 is 21.6 Å². The molecule has 1 saturated heterocycles. The van der Waals surface area contributed by atoms with Crippen LogP contribution in [0.3, 0.4) is 0 Å². The fourth-order valence-electron chi connectivity index (χ4n) is 3.78. The molecule has 2 aromatic heterocycles. The second-order valence-corrected chi connectivity index (χ2v) is 8.21. The van der Waals surface area contributed by atoms with Crippen molar-refractivity contribution in [2.45, 2.75) is 25.3 Å². The van der Waals surface area contributed by atoms with E-state index in [9.17, 15) is 4.79 Å². The predicted octanol–water partition coefficient (Wildman–Crippen LogP) is 3.58. The molecular formula is C21H25N3O2S. The summed E-state index contributed by atoms with van der Waals surface area (Å²) in [7, 11) is 3.83. The molecule has 5 nitrogen and oxygen atoms in total. The van der Waals surface area contributed by atoms with Gasteiger partial charge in [-0.1, -0.05) is 30.3 Å². The second-order valence-electron chi connectivity index (χ2n) is 7.18. The zero-order chi connectivity index (χ0) is 18.8. The highest BCUT2D eigenvalue weighted by atomic mass is 32.1. The lowest BCUT2D eigenvalue weighted by molar-refractivity contribution is 0.191. The van der Waals surface area contributed by atoms with Gasteiger partial charge < -0.3 is 9.64 Å². The van der Waals surface area contributed by atoms with Gasteiger partial charge in [0.25, 0.3) is 5.56 Å². The van der Waals surface area contributed by atoms with Crippen molar-refractivity contribution in [1.29, 1.82) is 0 Å². The minimum absolute atomic E-state index is 0.0964. The van der Waals surface area contributed by atoms with E-state index in [0.717, 1.165) is 52.4 Å². The van der Waals surface area contributed by atoms with Crippen LogP contribution in [-0.4, -0.2) is 48.3 Å². The van der Waals surface area contributed by atoms with E-state index in [2.05, 4.69) is 24.1 Å². The molecule has 0 amide bonds. The number of hydrogen-bond donors (Lipinski definition) is 0. The SMILES string of the molecule is COCCc1nc2sc(-c3ccccc3)cc2c(=O)n1C1CCN(C)CC1. The molecule has 0 bridgehead atoms. The van der Waals surface area contributed by atoms with Gasteiger partial charge in [-0.25, -0.2) is 4.98 Å². The number of fused-ring (bicyclic) bond motifs is 1. The van der Waals surface area contributed by atoms with Crippen LogP contribution in [0.1, 0.15) is 24.7 Å². The number of ether oxygens (including phenoxy) is 1. The first-order valence-corrected chi connectivity index (χ1v) is 10.3. The molecule has 1 fully saturated rings. The Morgan fingerprint density at radius 1 is 1.22 bits per heavy atom. The number of benzene rings is 1. The quantitative estimate of drug-likeness (QED) is 0.676. The zero-order valence-corrected chi connectivity index (χ0v) is 16.7. The summed E-state index contributed by atoms with van der Waals surface area (Å²) in [4.78, 5) is 22.6. The smallest absolute Gasteiger partial charge is 0.262 e. The molecule has 1 aliphatic rings. The highest BCUT2D eigenvalue weighted by molar-refractivity contribution is 7.21. The van der Waals surface area contributed by atoms with Gasteiger partial charge in [-0.05, 0) is 44.6 Å². The predicted molar refractivity (Wildman–Crippen MR) is 111 cm³/mol. The molecule has 0 N–H and O–H groups in total. The van der Waals surface area contributed by atoms with Crippen LogP contribution in [0.15, 0.2) is 41.2 Å². The van der Waals surface area contributed by atoms with Gasteiger partial charge in [0.1, 0.15) is 10.7 Å². The number of piperidine rings is 1. The first-order valence-electron chi connectivity index (χ1n) is 9.45. The van der Waals surface area contributed by atoms with Crippen molar-refractivity contribution in [1.82, 2.24) is 14.5 Å². The van der Waals surface area contributed by atoms with Gasteiger partial charge >= 0.3 is 0 Å². The largest absolute Gasteiger partial charge is 0.384 e. The Hall–Kier alpha value is -2.02. The standard InChI is InChI=1S/C21H25N3O2S/c1-23-11-8-16(9-12-23)24-19(10-13-26-2)22-20-17(21(24)25)14-18(27-20)15-6-4-3-5-7-15/h3-7,14,16H,8-13H2,1-2H3. The van der Waals surface area contributed by atoms with Crippen molar-refractivity contribution in [2.24, 2.45) is 0 Å². The summed E-state index contributed by atoms with van der Waals surface area (Å²) in [5, 5.41) is 0.735. The van der Waals surface area contributed by atoms with Crippen molar-refractivity contribution in [3.63, 3.8) is 0 Å². The van der Waals surface area contributed by atoms with Gasteiger partial charge in [0.05, 0.1) is 12.0 Å². The first kappa shape index (κ1) is 18.3. The van der Waals surface area contributed by atoms with E-state index in [-0.39, 0.29) is 11.6 Å². The lowest BCUT2D eigenvalue weighted by Crippen LogP contribution is -2.37. The summed E-state index contributed by atoms with van der Waals surface area (Å²) in [6, 6.07) is 12.4. The normalized spacial score (nSPS) is 16.2. The highest BCUT2D eigenvalue weighted by Gasteiger charge is 2.24. The van der Waals surface area contributed by atoms with Crippen LogP contribution in [0.5, 0.6) is 0 Å². The van der Waals surface area contributed by atoms with E-state index in [4.69, 9.17) is 9.72 Å². The maximum Gasteiger partial charge on any atom is 0.262 e. The monoisotopic (exact) mass is 383 g/mol. The summed E-state index contributed by atoms with van der Waals surface area (Å²) in [6.07, 6.45) is 2.63. The highest BCUT2D eigenvalue weighted by Crippen LogP contribution is 2.32. The fourth-order valence-corrected chi connectivity index (χ4v) is 4.83. The Labute approximate surface area is 163 Å². The van der Waals surface area contributed by atoms with E-state index in [1.807, 2.05) is 28.8 Å². The second kappa shape index (κ2) is 7.92. The lowest BCUT2D eigenvalue weighted by atomic mass is 10.0. The average molecular weight is 384 g/mol. The molecule has 6 heteroatoms. The maximum atomic E-state index is 13.4. The van der Waals surface area contributed by atoms with Gasteiger partial charge in [0.2, 0.25) is 0 Å². The minimum atomic E-state index is 0.0964. The summed E-state index contributed by atoms with van der Waals surface area (Å²) >= 11 is 1.59. The molecule has 1 aliphatic heterocycles. The van der Waals surface area contributed by atoms with Gasteiger partial charge in [0, 0.05) is 24.4 Å². The molecule has 0 radical (unpaired) electrons. The first-order chi connectivity index (χ1) is 13.2. The van der Waals surface area contributed by atoms with Gasteiger partial charge in [-0.2, -0.15) is 0 Å². The zero-order valence-electron chi connectivity index (χ0n) is 15.9. The van der Waals surface area contributed by atoms with Crippen molar-refractivity contribution in [3.05, 3.63) is 52.6 Å². The van der Waals surface area contributed by atoms with Crippen LogP contribution < -0.4 is 5.56 Å². The Morgan fingerprint density at radius 2 is 1.96 bits per heavy atom.